The number of benzene rings is 2. The molecule has 144 valence electrons. The monoisotopic (exact) mass is 371 g/mol. The van der Waals surface area contributed by atoms with Crippen molar-refractivity contribution < 1.29 is 24.6 Å². The number of oxime groups is 1. The third kappa shape index (κ3) is 5.74. The van der Waals surface area contributed by atoms with Crippen molar-refractivity contribution in [1.82, 2.24) is 0 Å². The third-order valence-corrected chi connectivity index (χ3v) is 4.01. The number of aromatic carboxylic acids is 1. The average molecular weight is 371 g/mol. The molecule has 0 heterocycles. The van der Waals surface area contributed by atoms with Gasteiger partial charge in [-0.1, -0.05) is 50.2 Å². The van der Waals surface area contributed by atoms with Crippen LogP contribution in [0.2, 0.25) is 0 Å². The molecule has 0 unspecified atom stereocenters. The molecule has 0 fully saturated rings. The number of carboxylic acid groups (broad SMARTS) is 1. The largest absolute Gasteiger partial charge is 0.507 e. The van der Waals surface area contributed by atoms with Crippen molar-refractivity contribution in [2.24, 2.45) is 5.16 Å². The summed E-state index contributed by atoms with van der Waals surface area (Å²) in [6.07, 6.45) is 0. The number of carboxylic acids is 1. The highest BCUT2D eigenvalue weighted by Gasteiger charge is 2.13. The standard InChI is InChI=1S/C21H25NO5/c1-14(15-5-7-16(8-6-15)21(2,3)4)22-27-12-11-26-17-9-10-18(20(24)25)19(23)13-17/h5-10,13,23H,11-12H2,1-4H3,(H,24,25)/b22-14-. The van der Waals surface area contributed by atoms with Crippen molar-refractivity contribution in [3.63, 3.8) is 0 Å². The quantitative estimate of drug-likeness (QED) is 0.432. The molecule has 0 amide bonds. The third-order valence-electron chi connectivity index (χ3n) is 4.01. The molecule has 2 N–H and O–H groups in total. The number of ether oxygens (including phenoxy) is 1. The van der Waals surface area contributed by atoms with Crippen LogP contribution < -0.4 is 4.74 Å². The van der Waals surface area contributed by atoms with E-state index in [2.05, 4.69) is 38.1 Å². The SMILES string of the molecule is C/C(=N/OCCOc1ccc(C(=O)O)c(O)c1)c1ccc(C(C)(C)C)cc1. The molecule has 0 aliphatic heterocycles. The van der Waals surface area contributed by atoms with Gasteiger partial charge in [0, 0.05) is 6.07 Å². The summed E-state index contributed by atoms with van der Waals surface area (Å²) in [7, 11) is 0. The highest BCUT2D eigenvalue weighted by molar-refractivity contribution is 5.98. The molecule has 0 saturated carbocycles. The molecule has 6 nitrogen and oxygen atoms in total. The Hall–Kier alpha value is -3.02. The van der Waals surface area contributed by atoms with Crippen LogP contribution in [0.3, 0.4) is 0 Å². The summed E-state index contributed by atoms with van der Waals surface area (Å²) in [4.78, 5) is 16.1. The predicted molar refractivity (Wildman–Crippen MR) is 104 cm³/mol. The molecule has 0 bridgehead atoms. The first-order valence-corrected chi connectivity index (χ1v) is 8.65. The fraction of sp³-hybridized carbons (Fsp3) is 0.333. The summed E-state index contributed by atoms with van der Waals surface area (Å²) >= 11 is 0. The summed E-state index contributed by atoms with van der Waals surface area (Å²) in [5.74, 6) is -1.17. The zero-order valence-electron chi connectivity index (χ0n) is 16.0. The Morgan fingerprint density at radius 1 is 1.07 bits per heavy atom. The Balaban J connectivity index is 1.83. The summed E-state index contributed by atoms with van der Waals surface area (Å²) in [6.45, 7) is 8.81. The van der Waals surface area contributed by atoms with Gasteiger partial charge in [0.15, 0.2) is 6.61 Å². The highest BCUT2D eigenvalue weighted by atomic mass is 16.6. The molecule has 0 spiro atoms. The smallest absolute Gasteiger partial charge is 0.339 e. The second-order valence-corrected chi connectivity index (χ2v) is 7.17. The Labute approximate surface area is 159 Å². The fourth-order valence-electron chi connectivity index (χ4n) is 2.39. The van der Waals surface area contributed by atoms with Crippen LogP contribution in [0, 0.1) is 0 Å². The van der Waals surface area contributed by atoms with Crippen molar-refractivity contribution in [3.8, 4) is 11.5 Å². The van der Waals surface area contributed by atoms with Crippen molar-refractivity contribution in [2.45, 2.75) is 33.1 Å². The Bertz CT molecular complexity index is 819. The van der Waals surface area contributed by atoms with E-state index in [1.165, 1.54) is 23.8 Å². The second-order valence-electron chi connectivity index (χ2n) is 7.17. The topological polar surface area (TPSA) is 88.4 Å². The number of carbonyl (C=O) groups is 1. The average Bonchev–Trinajstić information content (AvgIpc) is 2.60. The van der Waals surface area contributed by atoms with E-state index in [1.54, 1.807) is 0 Å². The maximum atomic E-state index is 10.8. The lowest BCUT2D eigenvalue weighted by Crippen LogP contribution is -2.11. The van der Waals surface area contributed by atoms with E-state index in [4.69, 9.17) is 14.7 Å². The van der Waals surface area contributed by atoms with E-state index in [-0.39, 0.29) is 29.9 Å². The van der Waals surface area contributed by atoms with Crippen LogP contribution >= 0.6 is 0 Å². The predicted octanol–water partition coefficient (Wildman–Crippen LogP) is 4.21. The lowest BCUT2D eigenvalue weighted by Gasteiger charge is -2.19. The van der Waals surface area contributed by atoms with E-state index in [1.807, 2.05) is 19.1 Å². The van der Waals surface area contributed by atoms with Gasteiger partial charge in [0.1, 0.15) is 23.7 Å². The number of phenols is 1. The Kier molecular flexibility index (Phi) is 6.45. The minimum atomic E-state index is -1.19. The molecular weight excluding hydrogens is 346 g/mol. The van der Waals surface area contributed by atoms with Gasteiger partial charge >= 0.3 is 5.97 Å². The van der Waals surface area contributed by atoms with E-state index in [0.717, 1.165) is 11.3 Å². The van der Waals surface area contributed by atoms with Crippen molar-refractivity contribution in [1.29, 1.82) is 0 Å². The van der Waals surface area contributed by atoms with Crippen molar-refractivity contribution in [3.05, 3.63) is 59.2 Å². The number of hydrogen-bond acceptors (Lipinski definition) is 5. The first kappa shape index (κ1) is 20.3. The number of aromatic hydroxyl groups is 1. The zero-order chi connectivity index (χ0) is 20.0. The molecule has 0 saturated heterocycles. The fourth-order valence-corrected chi connectivity index (χ4v) is 2.39. The van der Waals surface area contributed by atoms with Crippen LogP contribution in [-0.4, -0.2) is 35.1 Å². The van der Waals surface area contributed by atoms with Crippen molar-refractivity contribution >= 4 is 11.7 Å². The van der Waals surface area contributed by atoms with Gasteiger partial charge in [-0.2, -0.15) is 0 Å². The summed E-state index contributed by atoms with van der Waals surface area (Å²) in [5, 5.41) is 22.6. The summed E-state index contributed by atoms with van der Waals surface area (Å²) in [6, 6.07) is 12.2. The maximum absolute atomic E-state index is 10.8. The van der Waals surface area contributed by atoms with Crippen LogP contribution in [0.1, 0.15) is 49.2 Å². The van der Waals surface area contributed by atoms with E-state index in [0.29, 0.717) is 5.75 Å². The lowest BCUT2D eigenvalue weighted by molar-refractivity contribution is 0.0693. The molecule has 2 aromatic rings. The zero-order valence-corrected chi connectivity index (χ0v) is 16.0. The number of nitrogens with zero attached hydrogens (tertiary/aromatic N) is 1. The van der Waals surface area contributed by atoms with Crippen molar-refractivity contribution in [2.75, 3.05) is 13.2 Å². The number of hydrogen-bond donors (Lipinski definition) is 2. The molecule has 0 radical (unpaired) electrons. The first-order chi connectivity index (χ1) is 12.7. The molecular formula is C21H25NO5. The normalized spacial score (nSPS) is 11.9. The van der Waals surface area contributed by atoms with E-state index < -0.39 is 5.97 Å². The molecule has 6 heteroatoms. The molecule has 2 aromatic carbocycles. The van der Waals surface area contributed by atoms with E-state index >= 15 is 0 Å². The molecule has 27 heavy (non-hydrogen) atoms. The molecule has 0 aliphatic carbocycles. The van der Waals surface area contributed by atoms with Gasteiger partial charge in [-0.3, -0.25) is 0 Å². The van der Waals surface area contributed by atoms with Crippen LogP contribution in [0.15, 0.2) is 47.6 Å². The van der Waals surface area contributed by atoms with Crippen LogP contribution in [0.4, 0.5) is 0 Å². The molecule has 0 atom stereocenters. The summed E-state index contributed by atoms with van der Waals surface area (Å²) in [5.41, 5.74) is 2.94. The van der Waals surface area contributed by atoms with Gasteiger partial charge in [0.05, 0.1) is 5.71 Å². The van der Waals surface area contributed by atoms with Crippen LogP contribution in [0.5, 0.6) is 11.5 Å². The molecule has 0 aromatic heterocycles. The number of rotatable bonds is 7. The maximum Gasteiger partial charge on any atom is 0.339 e. The van der Waals surface area contributed by atoms with E-state index in [9.17, 15) is 9.90 Å². The van der Waals surface area contributed by atoms with Gasteiger partial charge in [-0.05, 0) is 35.6 Å². The van der Waals surface area contributed by atoms with Gasteiger partial charge < -0.3 is 19.8 Å². The van der Waals surface area contributed by atoms with Gasteiger partial charge in [0.25, 0.3) is 0 Å². The summed E-state index contributed by atoms with van der Waals surface area (Å²) < 4.78 is 5.42. The second kappa shape index (κ2) is 8.58. The van der Waals surface area contributed by atoms with Crippen LogP contribution in [-0.2, 0) is 10.3 Å². The van der Waals surface area contributed by atoms with Gasteiger partial charge in [-0.25, -0.2) is 4.79 Å². The highest BCUT2D eigenvalue weighted by Crippen LogP contribution is 2.24. The van der Waals surface area contributed by atoms with Crippen LogP contribution in [0.25, 0.3) is 0 Å². The van der Waals surface area contributed by atoms with Gasteiger partial charge in [0.2, 0.25) is 0 Å². The molecule has 2 rings (SSSR count). The molecule has 0 aliphatic rings. The minimum absolute atomic E-state index is 0.106. The Morgan fingerprint density at radius 3 is 2.30 bits per heavy atom. The minimum Gasteiger partial charge on any atom is -0.507 e. The van der Waals surface area contributed by atoms with Gasteiger partial charge in [-0.15, -0.1) is 0 Å². The lowest BCUT2D eigenvalue weighted by atomic mass is 9.86. The first-order valence-electron chi connectivity index (χ1n) is 8.65. The Morgan fingerprint density at radius 2 is 1.74 bits per heavy atom.